The Kier molecular flexibility index (Phi) is 2.50. The number of hydrogen-bond acceptors (Lipinski definition) is 2. The molecule has 0 bridgehead atoms. The molecule has 0 spiro atoms. The normalized spacial score (nSPS) is 10.8. The van der Waals surface area contributed by atoms with Crippen LogP contribution in [0.25, 0.3) is 10.8 Å². The van der Waals surface area contributed by atoms with E-state index >= 15 is 0 Å². The molecule has 2 heteroatoms. The highest BCUT2D eigenvalue weighted by atomic mass is 16.3. The van der Waals surface area contributed by atoms with E-state index in [0.29, 0.717) is 5.75 Å². The van der Waals surface area contributed by atoms with Crippen molar-refractivity contribution in [2.24, 2.45) is 0 Å². The van der Waals surface area contributed by atoms with Crippen LogP contribution in [0.1, 0.15) is 16.7 Å². The van der Waals surface area contributed by atoms with Crippen LogP contribution in [0.3, 0.4) is 0 Å². The van der Waals surface area contributed by atoms with Crippen LogP contribution < -0.4 is 5.32 Å². The third kappa shape index (κ3) is 1.51. The maximum absolute atomic E-state index is 10.1. The van der Waals surface area contributed by atoms with E-state index in [4.69, 9.17) is 0 Å². The number of aromatic hydroxyl groups is 1. The van der Waals surface area contributed by atoms with E-state index in [-0.39, 0.29) is 0 Å². The number of aryl methyl sites for hydroxylation is 2. The molecule has 0 unspecified atom stereocenters. The van der Waals surface area contributed by atoms with Crippen molar-refractivity contribution < 1.29 is 5.11 Å². The fourth-order valence-electron chi connectivity index (χ4n) is 2.05. The first-order valence-electron chi connectivity index (χ1n) is 5.46. The SMILES string of the molecule is CNc1cc2c(O)c(C)c(C)cc2cc1C. The van der Waals surface area contributed by atoms with E-state index in [2.05, 4.69) is 24.4 Å². The number of anilines is 1. The monoisotopic (exact) mass is 215 g/mol. The molecule has 16 heavy (non-hydrogen) atoms. The molecule has 2 aromatic rings. The molecule has 2 rings (SSSR count). The molecule has 2 aromatic carbocycles. The van der Waals surface area contributed by atoms with Crippen LogP contribution in [0.5, 0.6) is 5.75 Å². The molecular weight excluding hydrogens is 198 g/mol. The third-order valence-electron chi connectivity index (χ3n) is 3.24. The summed E-state index contributed by atoms with van der Waals surface area (Å²) in [6.07, 6.45) is 0. The number of phenols is 1. The molecule has 2 N–H and O–H groups in total. The lowest BCUT2D eigenvalue weighted by molar-refractivity contribution is 0.477. The van der Waals surface area contributed by atoms with Crippen LogP contribution in [0, 0.1) is 20.8 Å². The first kappa shape index (κ1) is 10.8. The Balaban J connectivity index is 2.86. The van der Waals surface area contributed by atoms with Crippen LogP contribution in [0.15, 0.2) is 18.2 Å². The van der Waals surface area contributed by atoms with E-state index in [0.717, 1.165) is 27.6 Å². The van der Waals surface area contributed by atoms with Gasteiger partial charge in [-0.2, -0.15) is 0 Å². The lowest BCUT2D eigenvalue weighted by Crippen LogP contribution is -1.93. The van der Waals surface area contributed by atoms with Crippen molar-refractivity contribution >= 4 is 16.5 Å². The number of phenolic OH excluding ortho intramolecular Hbond substituents is 1. The summed E-state index contributed by atoms with van der Waals surface area (Å²) in [5.41, 5.74) is 4.34. The number of benzene rings is 2. The molecule has 0 saturated heterocycles. The molecule has 0 radical (unpaired) electrons. The first-order valence-corrected chi connectivity index (χ1v) is 5.46. The summed E-state index contributed by atoms with van der Waals surface area (Å²) >= 11 is 0. The van der Waals surface area contributed by atoms with Gasteiger partial charge in [-0.05, 0) is 55.0 Å². The Bertz CT molecular complexity index is 558. The maximum Gasteiger partial charge on any atom is 0.126 e. The van der Waals surface area contributed by atoms with Crippen molar-refractivity contribution in [2.45, 2.75) is 20.8 Å². The second-order valence-corrected chi connectivity index (χ2v) is 4.31. The van der Waals surface area contributed by atoms with Gasteiger partial charge in [-0.15, -0.1) is 0 Å². The lowest BCUT2D eigenvalue weighted by atomic mass is 9.99. The zero-order chi connectivity index (χ0) is 11.9. The molecular formula is C14H17NO. The van der Waals surface area contributed by atoms with Gasteiger partial charge >= 0.3 is 0 Å². The quantitative estimate of drug-likeness (QED) is 0.763. The summed E-state index contributed by atoms with van der Waals surface area (Å²) in [6, 6.07) is 6.23. The van der Waals surface area contributed by atoms with Crippen molar-refractivity contribution in [1.82, 2.24) is 0 Å². The second kappa shape index (κ2) is 3.71. The van der Waals surface area contributed by atoms with Crippen molar-refractivity contribution in [2.75, 3.05) is 12.4 Å². The van der Waals surface area contributed by atoms with Gasteiger partial charge in [-0.3, -0.25) is 0 Å². The molecule has 0 aliphatic heterocycles. The fourth-order valence-corrected chi connectivity index (χ4v) is 2.05. The standard InChI is InChI=1S/C14H17NO/c1-8-5-11-6-9(2)13(15-4)7-12(11)14(16)10(8)3/h5-7,15-16H,1-4H3. The number of nitrogens with one attached hydrogen (secondary N) is 1. The Hall–Kier alpha value is -1.70. The van der Waals surface area contributed by atoms with Gasteiger partial charge in [0, 0.05) is 18.1 Å². The molecule has 2 nitrogen and oxygen atoms in total. The van der Waals surface area contributed by atoms with Crippen molar-refractivity contribution in [3.63, 3.8) is 0 Å². The van der Waals surface area contributed by atoms with E-state index in [1.54, 1.807) is 0 Å². The van der Waals surface area contributed by atoms with Gasteiger partial charge in [0.15, 0.2) is 0 Å². The first-order chi connectivity index (χ1) is 7.54. The maximum atomic E-state index is 10.1. The lowest BCUT2D eigenvalue weighted by Gasteiger charge is -2.12. The minimum Gasteiger partial charge on any atom is -0.507 e. The summed E-state index contributed by atoms with van der Waals surface area (Å²) in [7, 11) is 1.90. The fraction of sp³-hybridized carbons (Fsp3) is 0.286. The summed E-state index contributed by atoms with van der Waals surface area (Å²) < 4.78 is 0. The molecule has 0 saturated carbocycles. The highest BCUT2D eigenvalue weighted by molar-refractivity contribution is 5.93. The van der Waals surface area contributed by atoms with Crippen molar-refractivity contribution in [3.8, 4) is 5.75 Å². The van der Waals surface area contributed by atoms with Gasteiger partial charge in [0.1, 0.15) is 5.75 Å². The summed E-state index contributed by atoms with van der Waals surface area (Å²) in [5, 5.41) is 15.3. The average Bonchev–Trinajstić information content (AvgIpc) is 2.26. The van der Waals surface area contributed by atoms with Crippen LogP contribution in [-0.2, 0) is 0 Å². The van der Waals surface area contributed by atoms with Crippen LogP contribution >= 0.6 is 0 Å². The Morgan fingerprint density at radius 3 is 2.25 bits per heavy atom. The highest BCUT2D eigenvalue weighted by Gasteiger charge is 2.08. The Labute approximate surface area is 95.9 Å². The number of fused-ring (bicyclic) bond motifs is 1. The average molecular weight is 215 g/mol. The van der Waals surface area contributed by atoms with E-state index in [1.165, 1.54) is 5.56 Å². The van der Waals surface area contributed by atoms with E-state index < -0.39 is 0 Å². The van der Waals surface area contributed by atoms with Crippen LogP contribution in [0.4, 0.5) is 5.69 Å². The van der Waals surface area contributed by atoms with Gasteiger partial charge in [-0.25, -0.2) is 0 Å². The predicted octanol–water partition coefficient (Wildman–Crippen LogP) is 3.51. The van der Waals surface area contributed by atoms with Gasteiger partial charge in [0.05, 0.1) is 0 Å². The van der Waals surface area contributed by atoms with E-state index in [9.17, 15) is 5.11 Å². The third-order valence-corrected chi connectivity index (χ3v) is 3.24. The molecule has 0 aliphatic rings. The molecule has 84 valence electrons. The largest absolute Gasteiger partial charge is 0.507 e. The highest BCUT2D eigenvalue weighted by Crippen LogP contribution is 2.34. The topological polar surface area (TPSA) is 32.3 Å². The Morgan fingerprint density at radius 1 is 1.00 bits per heavy atom. The van der Waals surface area contributed by atoms with Crippen LogP contribution in [0.2, 0.25) is 0 Å². The number of hydrogen-bond donors (Lipinski definition) is 2. The predicted molar refractivity (Wildman–Crippen MR) is 69.4 cm³/mol. The minimum atomic E-state index is 0.395. The summed E-state index contributed by atoms with van der Waals surface area (Å²) in [5.74, 6) is 0.395. The molecule has 0 heterocycles. The molecule has 0 aliphatic carbocycles. The Morgan fingerprint density at radius 2 is 1.62 bits per heavy atom. The van der Waals surface area contributed by atoms with Gasteiger partial charge in [0.2, 0.25) is 0 Å². The van der Waals surface area contributed by atoms with Crippen LogP contribution in [-0.4, -0.2) is 12.2 Å². The van der Waals surface area contributed by atoms with E-state index in [1.807, 2.05) is 27.0 Å². The zero-order valence-corrected chi connectivity index (χ0v) is 10.2. The molecule has 0 atom stereocenters. The summed E-state index contributed by atoms with van der Waals surface area (Å²) in [6.45, 7) is 6.04. The number of rotatable bonds is 1. The molecule has 0 aromatic heterocycles. The minimum absolute atomic E-state index is 0.395. The van der Waals surface area contributed by atoms with Gasteiger partial charge in [0.25, 0.3) is 0 Å². The van der Waals surface area contributed by atoms with Gasteiger partial charge in [-0.1, -0.05) is 6.07 Å². The smallest absolute Gasteiger partial charge is 0.126 e. The van der Waals surface area contributed by atoms with Gasteiger partial charge < -0.3 is 10.4 Å². The van der Waals surface area contributed by atoms with Crippen molar-refractivity contribution in [3.05, 3.63) is 34.9 Å². The zero-order valence-electron chi connectivity index (χ0n) is 10.2. The summed E-state index contributed by atoms with van der Waals surface area (Å²) in [4.78, 5) is 0. The second-order valence-electron chi connectivity index (χ2n) is 4.31. The molecule has 0 fully saturated rings. The van der Waals surface area contributed by atoms with Crippen molar-refractivity contribution in [1.29, 1.82) is 0 Å². The molecule has 0 amide bonds.